The van der Waals surface area contributed by atoms with Gasteiger partial charge in [0, 0.05) is 18.0 Å². The van der Waals surface area contributed by atoms with Gasteiger partial charge in [0.25, 0.3) is 0 Å². The van der Waals surface area contributed by atoms with E-state index < -0.39 is 4.92 Å². The third-order valence-corrected chi connectivity index (χ3v) is 2.86. The van der Waals surface area contributed by atoms with Gasteiger partial charge in [0.05, 0.1) is 11.5 Å². The van der Waals surface area contributed by atoms with E-state index in [0.717, 1.165) is 12.0 Å². The first-order valence-corrected chi connectivity index (χ1v) is 6.85. The number of hydrogen-bond donors (Lipinski definition) is 0. The summed E-state index contributed by atoms with van der Waals surface area (Å²) in [7, 11) is 0. The number of rotatable bonds is 8. The van der Waals surface area contributed by atoms with E-state index in [9.17, 15) is 10.1 Å². The van der Waals surface area contributed by atoms with Crippen LogP contribution in [0.25, 0.3) is 0 Å². The maximum atomic E-state index is 10.9. The van der Waals surface area contributed by atoms with Crippen molar-refractivity contribution in [2.24, 2.45) is 0 Å². The second kappa shape index (κ2) is 8.05. The van der Waals surface area contributed by atoms with Crippen molar-refractivity contribution in [2.75, 3.05) is 19.8 Å². The van der Waals surface area contributed by atoms with Gasteiger partial charge in [0.1, 0.15) is 6.61 Å². The highest BCUT2D eigenvalue weighted by molar-refractivity contribution is 9.08. The minimum atomic E-state index is -0.436. The van der Waals surface area contributed by atoms with Crippen LogP contribution >= 0.6 is 15.9 Å². The zero-order valence-corrected chi connectivity index (χ0v) is 11.8. The molecule has 5 nitrogen and oxygen atoms in total. The second-order valence-electron chi connectivity index (χ2n) is 3.65. The lowest BCUT2D eigenvalue weighted by molar-refractivity contribution is -0.385. The van der Waals surface area contributed by atoms with E-state index >= 15 is 0 Å². The summed E-state index contributed by atoms with van der Waals surface area (Å²) in [6.45, 7) is 3.44. The molecule has 0 saturated heterocycles. The zero-order chi connectivity index (χ0) is 13.4. The van der Waals surface area contributed by atoms with Crippen molar-refractivity contribution in [3.8, 4) is 5.75 Å². The van der Waals surface area contributed by atoms with Crippen LogP contribution in [0.3, 0.4) is 0 Å². The Morgan fingerprint density at radius 1 is 1.33 bits per heavy atom. The molecule has 100 valence electrons. The molecule has 0 saturated carbocycles. The standard InChI is InChI=1S/C12H16BrNO4/c1-2-5-17-6-7-18-12-4-3-10(9-13)8-11(12)14(15)16/h3-4,8H,2,5-7,9H2,1H3. The fourth-order valence-electron chi connectivity index (χ4n) is 1.37. The van der Waals surface area contributed by atoms with Crippen LogP contribution in [0.1, 0.15) is 18.9 Å². The first-order valence-electron chi connectivity index (χ1n) is 5.72. The minimum absolute atomic E-state index is 0.0116. The summed E-state index contributed by atoms with van der Waals surface area (Å²) in [5.74, 6) is 0.282. The van der Waals surface area contributed by atoms with Gasteiger partial charge in [0.2, 0.25) is 0 Å². The quantitative estimate of drug-likeness (QED) is 0.319. The van der Waals surface area contributed by atoms with E-state index in [4.69, 9.17) is 9.47 Å². The number of nitro benzene ring substituents is 1. The topological polar surface area (TPSA) is 61.6 Å². The van der Waals surface area contributed by atoms with Gasteiger partial charge in [0.15, 0.2) is 5.75 Å². The van der Waals surface area contributed by atoms with E-state index in [1.807, 2.05) is 6.92 Å². The lowest BCUT2D eigenvalue weighted by atomic mass is 10.2. The Balaban J connectivity index is 2.61. The van der Waals surface area contributed by atoms with E-state index in [1.54, 1.807) is 12.1 Å². The molecule has 0 heterocycles. The second-order valence-corrected chi connectivity index (χ2v) is 4.21. The predicted octanol–water partition coefficient (Wildman–Crippen LogP) is 3.30. The van der Waals surface area contributed by atoms with Gasteiger partial charge >= 0.3 is 5.69 Å². The summed E-state index contributed by atoms with van der Waals surface area (Å²) in [5.41, 5.74) is 0.832. The predicted molar refractivity (Wildman–Crippen MR) is 72.3 cm³/mol. The van der Waals surface area contributed by atoms with Gasteiger partial charge in [-0.25, -0.2) is 0 Å². The Morgan fingerprint density at radius 2 is 2.11 bits per heavy atom. The normalized spacial score (nSPS) is 10.3. The van der Waals surface area contributed by atoms with Crippen molar-refractivity contribution >= 4 is 21.6 Å². The van der Waals surface area contributed by atoms with Crippen molar-refractivity contribution in [1.29, 1.82) is 0 Å². The van der Waals surface area contributed by atoms with E-state index in [2.05, 4.69) is 15.9 Å². The smallest absolute Gasteiger partial charge is 0.311 e. The number of nitro groups is 1. The van der Waals surface area contributed by atoms with Crippen molar-refractivity contribution < 1.29 is 14.4 Å². The molecule has 0 bridgehead atoms. The van der Waals surface area contributed by atoms with E-state index in [0.29, 0.717) is 25.2 Å². The van der Waals surface area contributed by atoms with Crippen LogP contribution in [-0.4, -0.2) is 24.7 Å². The first kappa shape index (κ1) is 14.9. The number of ether oxygens (including phenoxy) is 2. The minimum Gasteiger partial charge on any atom is -0.484 e. The average Bonchev–Trinajstić information content (AvgIpc) is 2.38. The molecule has 0 unspecified atom stereocenters. The van der Waals surface area contributed by atoms with Crippen LogP contribution in [0.15, 0.2) is 18.2 Å². The molecule has 1 rings (SSSR count). The SMILES string of the molecule is CCCOCCOc1ccc(CBr)cc1[N+](=O)[O-]. The van der Waals surface area contributed by atoms with Gasteiger partial charge in [-0.1, -0.05) is 28.9 Å². The Morgan fingerprint density at radius 3 is 2.72 bits per heavy atom. The van der Waals surface area contributed by atoms with Crippen LogP contribution in [0.2, 0.25) is 0 Å². The average molecular weight is 318 g/mol. The molecule has 0 amide bonds. The number of hydrogen-bond acceptors (Lipinski definition) is 4. The molecule has 0 atom stereocenters. The van der Waals surface area contributed by atoms with Gasteiger partial charge in [-0.2, -0.15) is 0 Å². The Labute approximate surface area is 114 Å². The lowest BCUT2D eigenvalue weighted by Gasteiger charge is -2.08. The summed E-state index contributed by atoms with van der Waals surface area (Å²) in [4.78, 5) is 10.5. The highest BCUT2D eigenvalue weighted by Gasteiger charge is 2.15. The molecule has 0 N–H and O–H groups in total. The van der Waals surface area contributed by atoms with E-state index in [-0.39, 0.29) is 11.4 Å². The lowest BCUT2D eigenvalue weighted by Crippen LogP contribution is -2.08. The van der Waals surface area contributed by atoms with Crippen LogP contribution in [0.4, 0.5) is 5.69 Å². The van der Waals surface area contributed by atoms with Crippen molar-refractivity contribution in [3.63, 3.8) is 0 Å². The van der Waals surface area contributed by atoms with Crippen LogP contribution in [0.5, 0.6) is 5.75 Å². The van der Waals surface area contributed by atoms with Crippen molar-refractivity contribution in [3.05, 3.63) is 33.9 Å². The molecular formula is C12H16BrNO4. The maximum absolute atomic E-state index is 10.9. The Bertz CT molecular complexity index is 398. The van der Waals surface area contributed by atoms with E-state index in [1.165, 1.54) is 6.07 Å². The summed E-state index contributed by atoms with van der Waals surface area (Å²) >= 11 is 3.26. The summed E-state index contributed by atoms with van der Waals surface area (Å²) in [6, 6.07) is 4.93. The van der Waals surface area contributed by atoms with Crippen LogP contribution in [-0.2, 0) is 10.1 Å². The zero-order valence-electron chi connectivity index (χ0n) is 10.2. The molecule has 0 aromatic heterocycles. The fourth-order valence-corrected chi connectivity index (χ4v) is 1.72. The molecule has 1 aromatic rings. The van der Waals surface area contributed by atoms with Crippen LogP contribution in [0, 0.1) is 10.1 Å². The third-order valence-electron chi connectivity index (χ3n) is 2.21. The molecule has 18 heavy (non-hydrogen) atoms. The van der Waals surface area contributed by atoms with Crippen LogP contribution < -0.4 is 4.74 Å². The molecular weight excluding hydrogens is 302 g/mol. The largest absolute Gasteiger partial charge is 0.484 e. The molecule has 1 aromatic carbocycles. The van der Waals surface area contributed by atoms with Gasteiger partial charge in [-0.3, -0.25) is 10.1 Å². The van der Waals surface area contributed by atoms with Gasteiger partial charge < -0.3 is 9.47 Å². The highest BCUT2D eigenvalue weighted by atomic mass is 79.9. The number of nitrogens with zero attached hydrogens (tertiary/aromatic N) is 1. The maximum Gasteiger partial charge on any atom is 0.311 e. The summed E-state index contributed by atoms with van der Waals surface area (Å²) in [6.07, 6.45) is 0.945. The monoisotopic (exact) mass is 317 g/mol. The molecule has 0 aliphatic carbocycles. The Kier molecular flexibility index (Phi) is 6.67. The number of halogens is 1. The van der Waals surface area contributed by atoms with Gasteiger partial charge in [-0.15, -0.1) is 0 Å². The molecule has 0 aliphatic rings. The third kappa shape index (κ3) is 4.62. The summed E-state index contributed by atoms with van der Waals surface area (Å²) in [5, 5.41) is 11.5. The number of benzene rings is 1. The molecule has 0 spiro atoms. The number of alkyl halides is 1. The molecule has 6 heteroatoms. The van der Waals surface area contributed by atoms with Gasteiger partial charge in [-0.05, 0) is 18.1 Å². The first-order chi connectivity index (χ1) is 8.69. The highest BCUT2D eigenvalue weighted by Crippen LogP contribution is 2.28. The summed E-state index contributed by atoms with van der Waals surface area (Å²) < 4.78 is 10.6. The molecule has 0 aliphatic heterocycles. The van der Waals surface area contributed by atoms with Crippen molar-refractivity contribution in [2.45, 2.75) is 18.7 Å². The fraction of sp³-hybridized carbons (Fsp3) is 0.500. The Hall–Kier alpha value is -1.14. The molecule has 0 fully saturated rings. The molecule has 0 radical (unpaired) electrons. The van der Waals surface area contributed by atoms with Crippen molar-refractivity contribution in [1.82, 2.24) is 0 Å².